The first-order valence-electron chi connectivity index (χ1n) is 8.55. The molecule has 1 saturated heterocycles. The maximum atomic E-state index is 15.0. The Labute approximate surface area is 147 Å². The number of fused-ring (bicyclic) bond motifs is 1. The second-order valence-corrected chi connectivity index (χ2v) is 7.13. The van der Waals surface area contributed by atoms with Crippen LogP contribution >= 0.6 is 0 Å². The van der Waals surface area contributed by atoms with Crippen LogP contribution in [0, 0.1) is 12.7 Å². The third-order valence-electron chi connectivity index (χ3n) is 5.31. The smallest absolute Gasteiger partial charge is 0.341 e. The molecule has 1 aliphatic carbocycles. The molecule has 26 heavy (non-hydrogen) atoms. The number of alkyl halides is 1. The average Bonchev–Trinajstić information content (AvgIpc) is 3.14. The number of carboxylic acids is 1. The number of carboxylic acid groups (broad SMARTS) is 1. The molecule has 1 aromatic carbocycles. The minimum absolute atomic E-state index is 0.00579. The van der Waals surface area contributed by atoms with Gasteiger partial charge in [0.25, 0.3) is 0 Å². The third-order valence-corrected chi connectivity index (χ3v) is 5.31. The van der Waals surface area contributed by atoms with Crippen LogP contribution in [0.15, 0.2) is 17.1 Å². The van der Waals surface area contributed by atoms with Crippen molar-refractivity contribution in [3.05, 3.63) is 39.4 Å². The number of nitrogens with zero attached hydrogens (tertiary/aromatic N) is 2. The van der Waals surface area contributed by atoms with Crippen LogP contribution in [0.4, 0.5) is 14.5 Å². The van der Waals surface area contributed by atoms with Crippen LogP contribution < -0.4 is 16.1 Å². The first-order valence-corrected chi connectivity index (χ1v) is 8.55. The number of aromatic nitrogens is 1. The fraction of sp³-hybridized carbons (Fsp3) is 0.444. The van der Waals surface area contributed by atoms with Crippen molar-refractivity contribution in [2.75, 3.05) is 18.0 Å². The highest BCUT2D eigenvalue weighted by molar-refractivity contribution is 5.95. The third kappa shape index (κ3) is 2.47. The summed E-state index contributed by atoms with van der Waals surface area (Å²) in [6.07, 6.45) is 1.05. The van der Waals surface area contributed by atoms with E-state index in [1.54, 1.807) is 0 Å². The highest BCUT2D eigenvalue weighted by Gasteiger charge is 2.40. The summed E-state index contributed by atoms with van der Waals surface area (Å²) >= 11 is 0. The maximum Gasteiger partial charge on any atom is 0.341 e. The highest BCUT2D eigenvalue weighted by atomic mass is 19.1. The average molecular weight is 363 g/mol. The van der Waals surface area contributed by atoms with Gasteiger partial charge in [-0.25, -0.2) is 13.6 Å². The number of pyridine rings is 1. The van der Waals surface area contributed by atoms with Crippen molar-refractivity contribution < 1.29 is 18.7 Å². The van der Waals surface area contributed by atoms with E-state index in [-0.39, 0.29) is 23.4 Å². The molecule has 0 spiro atoms. The predicted molar refractivity (Wildman–Crippen MR) is 93.2 cm³/mol. The second-order valence-electron chi connectivity index (χ2n) is 7.13. The SMILES string of the molecule is Cc1c(F)c(N2CC[C@H](N)C2)cc2c1c(=O)c(C(=O)O)cn2[C@@H]1C[C@@H]1F. The molecule has 2 fully saturated rings. The first kappa shape index (κ1) is 17.0. The molecule has 4 rings (SSSR count). The number of hydrogen-bond acceptors (Lipinski definition) is 4. The molecular formula is C18H19F2N3O3. The molecule has 1 aromatic heterocycles. The minimum Gasteiger partial charge on any atom is -0.477 e. The zero-order valence-corrected chi connectivity index (χ0v) is 14.2. The summed E-state index contributed by atoms with van der Waals surface area (Å²) in [5.41, 5.74) is 5.44. The van der Waals surface area contributed by atoms with E-state index in [4.69, 9.17) is 5.73 Å². The summed E-state index contributed by atoms with van der Waals surface area (Å²) in [7, 11) is 0. The van der Waals surface area contributed by atoms with Crippen molar-refractivity contribution in [2.45, 2.75) is 38.0 Å². The minimum atomic E-state index is -1.41. The number of aromatic carboxylic acids is 1. The van der Waals surface area contributed by atoms with Crippen LogP contribution in [0.3, 0.4) is 0 Å². The van der Waals surface area contributed by atoms with Gasteiger partial charge in [0.15, 0.2) is 0 Å². The number of aryl methyl sites for hydroxylation is 1. The Kier molecular flexibility index (Phi) is 3.76. The topological polar surface area (TPSA) is 88.6 Å². The van der Waals surface area contributed by atoms with Gasteiger partial charge in [0.05, 0.1) is 22.6 Å². The Morgan fingerprint density at radius 3 is 2.65 bits per heavy atom. The summed E-state index contributed by atoms with van der Waals surface area (Å²) in [4.78, 5) is 25.9. The van der Waals surface area contributed by atoms with Crippen LogP contribution in [0.5, 0.6) is 0 Å². The zero-order chi connectivity index (χ0) is 18.7. The van der Waals surface area contributed by atoms with Gasteiger partial charge in [-0.15, -0.1) is 0 Å². The van der Waals surface area contributed by atoms with Gasteiger partial charge in [-0.05, 0) is 19.4 Å². The Morgan fingerprint density at radius 2 is 2.12 bits per heavy atom. The maximum absolute atomic E-state index is 15.0. The summed E-state index contributed by atoms with van der Waals surface area (Å²) in [5, 5.41) is 9.31. The summed E-state index contributed by atoms with van der Waals surface area (Å²) < 4.78 is 30.2. The van der Waals surface area contributed by atoms with Gasteiger partial charge in [-0.2, -0.15) is 0 Å². The molecule has 3 atom stereocenters. The van der Waals surface area contributed by atoms with Gasteiger partial charge in [0.1, 0.15) is 17.6 Å². The largest absolute Gasteiger partial charge is 0.477 e. The fourth-order valence-corrected chi connectivity index (χ4v) is 3.75. The summed E-state index contributed by atoms with van der Waals surface area (Å²) in [6.45, 7) is 2.54. The van der Waals surface area contributed by atoms with Crippen LogP contribution in [0.1, 0.15) is 34.8 Å². The van der Waals surface area contributed by atoms with E-state index in [9.17, 15) is 23.5 Å². The quantitative estimate of drug-likeness (QED) is 0.870. The standard InChI is InChI=1S/C18H19F2N3O3/c1-8-15-13(5-14(16(8)20)22-3-2-9(21)6-22)23(12-4-11(12)19)7-10(17(15)24)18(25)26/h5,7,9,11-12H,2-4,6,21H2,1H3,(H,25,26)/t9-,11-,12+/m0/s1. The summed E-state index contributed by atoms with van der Waals surface area (Å²) in [6, 6.07) is 0.934. The van der Waals surface area contributed by atoms with Gasteiger partial charge in [0.2, 0.25) is 5.43 Å². The lowest BCUT2D eigenvalue weighted by molar-refractivity contribution is 0.0694. The molecular weight excluding hydrogens is 344 g/mol. The molecule has 0 radical (unpaired) electrons. The molecule has 138 valence electrons. The van der Waals surface area contributed by atoms with Crippen molar-refractivity contribution in [1.82, 2.24) is 4.57 Å². The molecule has 8 heteroatoms. The van der Waals surface area contributed by atoms with Gasteiger partial charge in [-0.1, -0.05) is 0 Å². The molecule has 1 aliphatic heterocycles. The molecule has 2 aliphatic rings. The Hall–Kier alpha value is -2.48. The van der Waals surface area contributed by atoms with Crippen molar-refractivity contribution in [3.63, 3.8) is 0 Å². The molecule has 6 nitrogen and oxygen atoms in total. The van der Waals surface area contributed by atoms with E-state index in [0.717, 1.165) is 6.42 Å². The van der Waals surface area contributed by atoms with Crippen molar-refractivity contribution >= 4 is 22.6 Å². The predicted octanol–water partition coefficient (Wildman–Crippen LogP) is 1.97. The number of halogens is 2. The monoisotopic (exact) mass is 363 g/mol. The van der Waals surface area contributed by atoms with Gasteiger partial charge in [-0.3, -0.25) is 4.79 Å². The van der Waals surface area contributed by atoms with Gasteiger partial charge in [0, 0.05) is 37.3 Å². The summed E-state index contributed by atoms with van der Waals surface area (Å²) in [5.74, 6) is -1.97. The number of hydrogen-bond donors (Lipinski definition) is 2. The highest BCUT2D eigenvalue weighted by Crippen LogP contribution is 2.42. The molecule has 1 saturated carbocycles. The molecule has 2 heterocycles. The Morgan fingerprint density at radius 1 is 1.42 bits per heavy atom. The first-order chi connectivity index (χ1) is 12.3. The lowest BCUT2D eigenvalue weighted by atomic mass is 10.0. The van der Waals surface area contributed by atoms with E-state index in [0.29, 0.717) is 24.3 Å². The van der Waals surface area contributed by atoms with Crippen molar-refractivity contribution in [1.29, 1.82) is 0 Å². The molecule has 0 bridgehead atoms. The lowest BCUT2D eigenvalue weighted by Crippen LogP contribution is -2.27. The molecule has 0 amide bonds. The van der Waals surface area contributed by atoms with Crippen molar-refractivity contribution in [2.24, 2.45) is 5.73 Å². The Balaban J connectivity index is 2.02. The van der Waals surface area contributed by atoms with Gasteiger partial charge < -0.3 is 20.3 Å². The fourth-order valence-electron chi connectivity index (χ4n) is 3.75. The molecule has 0 unspecified atom stereocenters. The number of benzene rings is 1. The normalized spacial score (nSPS) is 25.1. The van der Waals surface area contributed by atoms with Crippen LogP contribution in [-0.2, 0) is 0 Å². The van der Waals surface area contributed by atoms with E-state index in [1.165, 1.54) is 23.8 Å². The number of nitrogens with two attached hydrogens (primary N) is 1. The lowest BCUT2D eigenvalue weighted by Gasteiger charge is -2.22. The second kappa shape index (κ2) is 5.77. The van der Waals surface area contributed by atoms with E-state index >= 15 is 0 Å². The van der Waals surface area contributed by atoms with Crippen LogP contribution in [-0.4, -0.2) is 40.9 Å². The number of anilines is 1. The number of carbonyl (C=O) groups is 1. The molecule has 3 N–H and O–H groups in total. The van der Waals surface area contributed by atoms with Gasteiger partial charge >= 0.3 is 5.97 Å². The zero-order valence-electron chi connectivity index (χ0n) is 14.2. The Bertz CT molecular complexity index is 988. The van der Waals surface area contributed by atoms with Crippen molar-refractivity contribution in [3.8, 4) is 0 Å². The van der Waals surface area contributed by atoms with E-state index < -0.39 is 35.0 Å². The number of rotatable bonds is 3. The van der Waals surface area contributed by atoms with E-state index in [2.05, 4.69) is 0 Å². The van der Waals surface area contributed by atoms with Crippen LogP contribution in [0.2, 0.25) is 0 Å². The van der Waals surface area contributed by atoms with Crippen LogP contribution in [0.25, 0.3) is 10.9 Å². The van der Waals surface area contributed by atoms with E-state index in [1.807, 2.05) is 4.90 Å². The molecule has 2 aromatic rings.